The van der Waals surface area contributed by atoms with Gasteiger partial charge in [-0.15, -0.1) is 11.6 Å². The minimum atomic E-state index is -0.749. The number of hydrogen-bond donors (Lipinski definition) is 1. The lowest BCUT2D eigenvalue weighted by Crippen LogP contribution is -2.16. The minimum absolute atomic E-state index is 0.104. The lowest BCUT2D eigenvalue weighted by molar-refractivity contribution is 0.202. The maximum atomic E-state index is 11.1. The summed E-state index contributed by atoms with van der Waals surface area (Å²) in [6.07, 6.45) is 0.855. The van der Waals surface area contributed by atoms with Crippen LogP contribution in [0.1, 0.15) is 11.7 Å². The summed E-state index contributed by atoms with van der Waals surface area (Å²) >= 11 is 5.42. The zero-order chi connectivity index (χ0) is 9.14. The van der Waals surface area contributed by atoms with Crippen LogP contribution in [0.15, 0.2) is 23.1 Å². The second-order valence-corrected chi connectivity index (χ2v) is 2.89. The number of aryl methyl sites for hydroxylation is 1. The molecule has 0 saturated heterocycles. The predicted octanol–water partition coefficient (Wildman–Crippen LogP) is 0.657. The van der Waals surface area contributed by atoms with Crippen molar-refractivity contribution in [2.24, 2.45) is 7.05 Å². The van der Waals surface area contributed by atoms with Crippen molar-refractivity contribution in [3.8, 4) is 0 Å². The molecule has 0 unspecified atom stereocenters. The molecule has 1 atom stereocenters. The van der Waals surface area contributed by atoms with Crippen LogP contribution >= 0.6 is 11.6 Å². The van der Waals surface area contributed by atoms with Crippen molar-refractivity contribution in [1.82, 2.24) is 4.57 Å². The number of pyridine rings is 1. The first-order valence-corrected chi connectivity index (χ1v) is 4.09. The Balaban J connectivity index is 3.05. The van der Waals surface area contributed by atoms with Gasteiger partial charge in [0.25, 0.3) is 5.56 Å². The Morgan fingerprint density at radius 1 is 1.75 bits per heavy atom. The van der Waals surface area contributed by atoms with Crippen LogP contribution in [0, 0.1) is 0 Å². The highest BCUT2D eigenvalue weighted by Crippen LogP contribution is 2.10. The van der Waals surface area contributed by atoms with Crippen molar-refractivity contribution in [3.63, 3.8) is 0 Å². The van der Waals surface area contributed by atoms with Crippen molar-refractivity contribution < 1.29 is 5.11 Å². The standard InChI is InChI=1S/C8H10ClNO2/c1-10-3-2-6(4-8(10)12)7(11)5-9/h2-4,7,11H,5H2,1H3/t7-/m0/s1. The maximum absolute atomic E-state index is 11.1. The number of aliphatic hydroxyl groups is 1. The largest absolute Gasteiger partial charge is 0.387 e. The van der Waals surface area contributed by atoms with Gasteiger partial charge in [-0.05, 0) is 11.6 Å². The molecule has 0 radical (unpaired) electrons. The van der Waals surface area contributed by atoms with Gasteiger partial charge in [-0.3, -0.25) is 4.79 Å². The molecular formula is C8H10ClNO2. The van der Waals surface area contributed by atoms with Gasteiger partial charge in [0.15, 0.2) is 0 Å². The fraction of sp³-hybridized carbons (Fsp3) is 0.375. The van der Waals surface area contributed by atoms with E-state index in [-0.39, 0.29) is 11.4 Å². The Bertz CT molecular complexity index is 321. The fourth-order valence-electron chi connectivity index (χ4n) is 0.860. The highest BCUT2D eigenvalue weighted by atomic mass is 35.5. The first-order valence-electron chi connectivity index (χ1n) is 3.55. The average Bonchev–Trinajstić information content (AvgIpc) is 2.08. The highest BCUT2D eigenvalue weighted by molar-refractivity contribution is 6.18. The second-order valence-electron chi connectivity index (χ2n) is 2.58. The molecule has 12 heavy (non-hydrogen) atoms. The van der Waals surface area contributed by atoms with Gasteiger partial charge in [-0.25, -0.2) is 0 Å². The third-order valence-electron chi connectivity index (χ3n) is 1.66. The quantitative estimate of drug-likeness (QED) is 0.692. The van der Waals surface area contributed by atoms with Crippen molar-refractivity contribution >= 4 is 11.6 Å². The van der Waals surface area contributed by atoms with Crippen LogP contribution in [0.3, 0.4) is 0 Å². The van der Waals surface area contributed by atoms with E-state index in [2.05, 4.69) is 0 Å². The smallest absolute Gasteiger partial charge is 0.250 e. The van der Waals surface area contributed by atoms with Crippen molar-refractivity contribution in [2.75, 3.05) is 5.88 Å². The molecule has 66 valence electrons. The van der Waals surface area contributed by atoms with Gasteiger partial charge >= 0.3 is 0 Å². The zero-order valence-electron chi connectivity index (χ0n) is 6.70. The van der Waals surface area contributed by atoms with Gasteiger partial charge in [0.1, 0.15) is 0 Å². The monoisotopic (exact) mass is 187 g/mol. The summed E-state index contributed by atoms with van der Waals surface area (Å²) in [4.78, 5) is 11.1. The van der Waals surface area contributed by atoms with Crippen molar-refractivity contribution in [2.45, 2.75) is 6.10 Å². The normalized spacial score (nSPS) is 12.9. The molecule has 1 rings (SSSR count). The fourth-order valence-corrected chi connectivity index (χ4v) is 1.04. The van der Waals surface area contributed by atoms with Crippen LogP contribution < -0.4 is 5.56 Å². The second kappa shape index (κ2) is 3.74. The number of aliphatic hydroxyl groups excluding tert-OH is 1. The van der Waals surface area contributed by atoms with E-state index in [1.165, 1.54) is 10.6 Å². The molecule has 3 nitrogen and oxygen atoms in total. The van der Waals surface area contributed by atoms with Gasteiger partial charge in [-0.1, -0.05) is 0 Å². The Labute approximate surface area is 75.2 Å². The van der Waals surface area contributed by atoms with Crippen LogP contribution in [0.2, 0.25) is 0 Å². The molecule has 1 heterocycles. The molecular weight excluding hydrogens is 178 g/mol. The van der Waals surface area contributed by atoms with E-state index in [9.17, 15) is 9.90 Å². The van der Waals surface area contributed by atoms with Crippen molar-refractivity contribution in [1.29, 1.82) is 0 Å². The van der Waals surface area contributed by atoms with Gasteiger partial charge < -0.3 is 9.67 Å². The van der Waals surface area contributed by atoms with Crippen molar-refractivity contribution in [3.05, 3.63) is 34.2 Å². The van der Waals surface area contributed by atoms with E-state index in [1.807, 2.05) is 0 Å². The lowest BCUT2D eigenvalue weighted by Gasteiger charge is -2.06. The third kappa shape index (κ3) is 1.87. The molecule has 0 saturated carbocycles. The molecule has 1 N–H and O–H groups in total. The Morgan fingerprint density at radius 2 is 2.42 bits per heavy atom. The topological polar surface area (TPSA) is 42.2 Å². The molecule has 0 amide bonds. The summed E-state index contributed by atoms with van der Waals surface area (Å²) in [5.74, 6) is 0.104. The summed E-state index contributed by atoms with van der Waals surface area (Å²) in [5.41, 5.74) is 0.421. The number of rotatable bonds is 2. The molecule has 1 aromatic rings. The molecule has 0 bridgehead atoms. The number of aromatic nitrogens is 1. The van der Waals surface area contributed by atoms with E-state index in [1.54, 1.807) is 19.3 Å². The highest BCUT2D eigenvalue weighted by Gasteiger charge is 2.05. The third-order valence-corrected chi connectivity index (χ3v) is 1.95. The predicted molar refractivity (Wildman–Crippen MR) is 47.4 cm³/mol. The summed E-state index contributed by atoms with van der Waals surface area (Å²) in [7, 11) is 1.65. The van der Waals surface area contributed by atoms with E-state index < -0.39 is 6.10 Å². The van der Waals surface area contributed by atoms with Gasteiger partial charge in [-0.2, -0.15) is 0 Å². The van der Waals surface area contributed by atoms with Crippen LogP contribution in [0.5, 0.6) is 0 Å². The van der Waals surface area contributed by atoms with Crippen LogP contribution in [0.4, 0.5) is 0 Å². The first kappa shape index (κ1) is 9.29. The van der Waals surface area contributed by atoms with Crippen LogP contribution in [-0.2, 0) is 7.05 Å². The molecule has 0 fully saturated rings. The molecule has 0 aliphatic heterocycles. The Kier molecular flexibility index (Phi) is 2.89. The van der Waals surface area contributed by atoms with Crippen LogP contribution in [-0.4, -0.2) is 15.6 Å². The van der Waals surface area contributed by atoms with E-state index in [4.69, 9.17) is 11.6 Å². The van der Waals surface area contributed by atoms with E-state index in [0.717, 1.165) is 0 Å². The summed E-state index contributed by atoms with van der Waals surface area (Å²) in [6, 6.07) is 3.06. The molecule has 4 heteroatoms. The Hall–Kier alpha value is -0.800. The number of hydrogen-bond acceptors (Lipinski definition) is 2. The summed E-state index contributed by atoms with van der Waals surface area (Å²) < 4.78 is 1.43. The summed E-state index contributed by atoms with van der Waals surface area (Å²) in [6.45, 7) is 0. The molecule has 0 aliphatic rings. The number of alkyl halides is 1. The number of halogens is 1. The van der Waals surface area contributed by atoms with Gasteiger partial charge in [0.2, 0.25) is 0 Å². The van der Waals surface area contributed by atoms with E-state index in [0.29, 0.717) is 5.56 Å². The Morgan fingerprint density at radius 3 is 2.92 bits per heavy atom. The summed E-state index contributed by atoms with van der Waals surface area (Å²) in [5, 5.41) is 9.26. The van der Waals surface area contributed by atoms with Crippen LogP contribution in [0.25, 0.3) is 0 Å². The average molecular weight is 188 g/mol. The lowest BCUT2D eigenvalue weighted by atomic mass is 10.2. The molecule has 0 spiro atoms. The zero-order valence-corrected chi connectivity index (χ0v) is 7.45. The maximum Gasteiger partial charge on any atom is 0.250 e. The minimum Gasteiger partial charge on any atom is -0.387 e. The molecule has 0 aliphatic carbocycles. The SMILES string of the molecule is Cn1ccc([C@@H](O)CCl)cc1=O. The van der Waals surface area contributed by atoms with E-state index >= 15 is 0 Å². The van der Waals surface area contributed by atoms with Gasteiger partial charge in [0, 0.05) is 19.3 Å². The number of nitrogens with zero attached hydrogens (tertiary/aromatic N) is 1. The van der Waals surface area contributed by atoms with Gasteiger partial charge in [0.05, 0.1) is 12.0 Å². The first-order chi connectivity index (χ1) is 5.65. The molecule has 0 aromatic carbocycles. The molecule has 1 aromatic heterocycles.